The van der Waals surface area contributed by atoms with Gasteiger partial charge in [-0.2, -0.15) is 0 Å². The summed E-state index contributed by atoms with van der Waals surface area (Å²) in [6, 6.07) is 59.2. The first kappa shape index (κ1) is 26.8. The van der Waals surface area contributed by atoms with E-state index in [2.05, 4.69) is 163 Å². The van der Waals surface area contributed by atoms with Gasteiger partial charge in [0.1, 0.15) is 0 Å². The Hall–Kier alpha value is -6.38. The van der Waals surface area contributed by atoms with Crippen molar-refractivity contribution in [2.45, 2.75) is 0 Å². The van der Waals surface area contributed by atoms with Crippen LogP contribution in [0.1, 0.15) is 0 Å². The second-order valence-corrected chi connectivity index (χ2v) is 12.6. The Morgan fingerprint density at radius 1 is 0.333 bits per heavy atom. The maximum Gasteiger partial charge on any atom is 0.0972 e. The molecule has 0 atom stereocenters. The monoisotopic (exact) mass is 608 g/mol. The van der Waals surface area contributed by atoms with Crippen LogP contribution in [0.3, 0.4) is 0 Å². The van der Waals surface area contributed by atoms with Crippen molar-refractivity contribution in [3.05, 3.63) is 170 Å². The summed E-state index contributed by atoms with van der Waals surface area (Å²) in [5.74, 6) is 0. The Bertz CT molecular complexity index is 2780. The topological polar surface area (TPSA) is 25.8 Å². The van der Waals surface area contributed by atoms with Crippen LogP contribution in [0.5, 0.6) is 0 Å². The lowest BCUT2D eigenvalue weighted by molar-refractivity contribution is 1.37. The summed E-state index contributed by atoms with van der Waals surface area (Å²) in [6.45, 7) is 0. The van der Waals surface area contributed by atoms with Crippen LogP contribution in [0.2, 0.25) is 0 Å². The number of hydrogen-bond acceptors (Lipinski definition) is 2. The Morgan fingerprint density at radius 3 is 1.56 bits per heavy atom. The summed E-state index contributed by atoms with van der Waals surface area (Å²) in [5, 5.41) is 9.94. The van der Waals surface area contributed by atoms with E-state index in [9.17, 15) is 0 Å². The fraction of sp³-hybridized carbons (Fsp3) is 0. The molecule has 48 heavy (non-hydrogen) atoms. The van der Waals surface area contributed by atoms with Gasteiger partial charge in [0, 0.05) is 22.5 Å². The molecule has 2 heterocycles. The van der Waals surface area contributed by atoms with Gasteiger partial charge in [-0.25, -0.2) is 4.98 Å². The highest BCUT2D eigenvalue weighted by Gasteiger charge is 2.17. The first-order valence-corrected chi connectivity index (χ1v) is 16.4. The average Bonchev–Trinajstić information content (AvgIpc) is 3.17. The zero-order valence-corrected chi connectivity index (χ0v) is 26.1. The maximum absolute atomic E-state index is 5.10. The maximum atomic E-state index is 5.10. The zero-order valence-electron chi connectivity index (χ0n) is 26.1. The molecule has 0 aliphatic carbocycles. The molecule has 0 saturated heterocycles. The highest BCUT2D eigenvalue weighted by atomic mass is 14.7. The standard InChI is InChI=1S/C46H28N2/c1-2-6-29(7-3-1)30-11-13-31(14-12-30)40-28-41(39-25-22-35-9-4-8-34-21-24-38(40)44(39)43(34)35)32-15-17-33(18-16-32)42-26-23-37-20-19-36-10-5-27-47-45(36)46(37)48-42/h1-28H. The number of pyridine rings is 2. The van der Waals surface area contributed by atoms with Gasteiger partial charge < -0.3 is 0 Å². The van der Waals surface area contributed by atoms with Crippen LogP contribution in [0.25, 0.3) is 98.8 Å². The minimum atomic E-state index is 0.935. The van der Waals surface area contributed by atoms with Gasteiger partial charge >= 0.3 is 0 Å². The Labute approximate surface area is 277 Å². The number of fused-ring (bicyclic) bond motifs is 3. The van der Waals surface area contributed by atoms with E-state index >= 15 is 0 Å². The van der Waals surface area contributed by atoms with Crippen molar-refractivity contribution < 1.29 is 0 Å². The molecule has 2 aromatic heterocycles. The second-order valence-electron chi connectivity index (χ2n) is 12.6. The van der Waals surface area contributed by atoms with Crippen LogP contribution in [0.4, 0.5) is 0 Å². The van der Waals surface area contributed by atoms with E-state index in [0.29, 0.717) is 0 Å². The molecule has 0 amide bonds. The summed E-state index contributed by atoms with van der Waals surface area (Å²) in [5.41, 5.74) is 11.2. The van der Waals surface area contributed by atoms with Gasteiger partial charge in [-0.15, -0.1) is 0 Å². The molecule has 0 spiro atoms. The molecule has 10 aromatic rings. The third-order valence-corrected chi connectivity index (χ3v) is 9.87. The van der Waals surface area contributed by atoms with E-state index in [1.807, 2.05) is 12.3 Å². The van der Waals surface area contributed by atoms with Gasteiger partial charge in [0.15, 0.2) is 0 Å². The first-order chi connectivity index (χ1) is 23.8. The quantitative estimate of drug-likeness (QED) is 0.186. The molecule has 222 valence electrons. The van der Waals surface area contributed by atoms with Gasteiger partial charge in [0.25, 0.3) is 0 Å². The van der Waals surface area contributed by atoms with E-state index in [1.54, 1.807) is 0 Å². The summed E-state index contributed by atoms with van der Waals surface area (Å²) in [4.78, 5) is 9.75. The molecular formula is C46H28N2. The number of hydrogen-bond donors (Lipinski definition) is 0. The summed E-state index contributed by atoms with van der Waals surface area (Å²) >= 11 is 0. The molecule has 0 saturated carbocycles. The van der Waals surface area contributed by atoms with Crippen LogP contribution < -0.4 is 0 Å². The van der Waals surface area contributed by atoms with Gasteiger partial charge in [0.2, 0.25) is 0 Å². The van der Waals surface area contributed by atoms with Gasteiger partial charge in [-0.1, -0.05) is 146 Å². The molecule has 10 rings (SSSR count). The van der Waals surface area contributed by atoms with Crippen molar-refractivity contribution in [2.75, 3.05) is 0 Å². The van der Waals surface area contributed by atoms with Crippen LogP contribution in [0.15, 0.2) is 170 Å². The van der Waals surface area contributed by atoms with Crippen molar-refractivity contribution in [3.63, 3.8) is 0 Å². The molecule has 0 fully saturated rings. The zero-order chi connectivity index (χ0) is 31.6. The first-order valence-electron chi connectivity index (χ1n) is 16.4. The lowest BCUT2D eigenvalue weighted by Crippen LogP contribution is -1.92. The fourth-order valence-corrected chi connectivity index (χ4v) is 7.49. The molecule has 0 unspecified atom stereocenters. The normalized spacial score (nSPS) is 11.8. The summed E-state index contributed by atoms with van der Waals surface area (Å²) in [6.07, 6.45) is 1.84. The SMILES string of the molecule is c1ccc(-c2ccc(-c3cc(-c4ccc(-c5ccc6ccc7cccnc7c6n5)cc4)c4ccc5cccc6ccc3c4c65)cc2)cc1. The Balaban J connectivity index is 1.14. The molecule has 0 radical (unpaired) electrons. The van der Waals surface area contributed by atoms with Crippen molar-refractivity contribution in [3.8, 4) is 44.6 Å². The molecule has 2 heteroatoms. The second kappa shape index (κ2) is 10.6. The smallest absolute Gasteiger partial charge is 0.0972 e. The molecule has 0 aliphatic rings. The van der Waals surface area contributed by atoms with Gasteiger partial charge in [-0.05, 0) is 83.9 Å². The molecule has 0 aliphatic heterocycles. The van der Waals surface area contributed by atoms with Crippen molar-refractivity contribution in [1.82, 2.24) is 9.97 Å². The molecule has 0 N–H and O–H groups in total. The van der Waals surface area contributed by atoms with Crippen LogP contribution in [-0.4, -0.2) is 9.97 Å². The van der Waals surface area contributed by atoms with Crippen molar-refractivity contribution in [1.29, 1.82) is 0 Å². The average molecular weight is 609 g/mol. The minimum absolute atomic E-state index is 0.935. The minimum Gasteiger partial charge on any atom is -0.254 e. The Kier molecular flexibility index (Phi) is 5.91. The van der Waals surface area contributed by atoms with E-state index in [4.69, 9.17) is 4.98 Å². The van der Waals surface area contributed by atoms with Crippen molar-refractivity contribution >= 4 is 54.1 Å². The van der Waals surface area contributed by atoms with E-state index in [0.717, 1.165) is 33.1 Å². The van der Waals surface area contributed by atoms with Crippen LogP contribution in [0, 0.1) is 0 Å². The largest absolute Gasteiger partial charge is 0.254 e. The van der Waals surface area contributed by atoms with Gasteiger partial charge in [0.05, 0.1) is 16.7 Å². The Morgan fingerprint density at radius 2 is 0.875 bits per heavy atom. The van der Waals surface area contributed by atoms with Crippen molar-refractivity contribution in [2.24, 2.45) is 0 Å². The predicted octanol–water partition coefficient (Wildman–Crippen LogP) is 12.3. The van der Waals surface area contributed by atoms with E-state index < -0.39 is 0 Å². The number of benzene rings is 8. The van der Waals surface area contributed by atoms with Crippen LogP contribution in [-0.2, 0) is 0 Å². The lowest BCUT2D eigenvalue weighted by Gasteiger charge is -2.18. The summed E-state index contributed by atoms with van der Waals surface area (Å²) < 4.78 is 0. The molecule has 2 nitrogen and oxygen atoms in total. The number of nitrogens with zero attached hydrogens (tertiary/aromatic N) is 2. The fourth-order valence-electron chi connectivity index (χ4n) is 7.49. The lowest BCUT2D eigenvalue weighted by atomic mass is 9.85. The third kappa shape index (κ3) is 4.20. The number of aromatic nitrogens is 2. The highest BCUT2D eigenvalue weighted by molar-refractivity contribution is 6.28. The molecule has 0 bridgehead atoms. The molecule has 8 aromatic carbocycles. The van der Waals surface area contributed by atoms with E-state index in [-0.39, 0.29) is 0 Å². The third-order valence-electron chi connectivity index (χ3n) is 9.87. The van der Waals surface area contributed by atoms with Crippen LogP contribution >= 0.6 is 0 Å². The summed E-state index contributed by atoms with van der Waals surface area (Å²) in [7, 11) is 0. The number of rotatable bonds is 4. The highest BCUT2D eigenvalue weighted by Crippen LogP contribution is 2.44. The van der Waals surface area contributed by atoms with Gasteiger partial charge in [-0.3, -0.25) is 4.98 Å². The molecular weight excluding hydrogens is 581 g/mol. The predicted molar refractivity (Wildman–Crippen MR) is 202 cm³/mol. The van der Waals surface area contributed by atoms with E-state index in [1.165, 1.54) is 65.7 Å².